The highest BCUT2D eigenvalue weighted by Gasteiger charge is 2.40. The maximum absolute atomic E-state index is 13.7. The summed E-state index contributed by atoms with van der Waals surface area (Å²) in [6.45, 7) is 3.94. The van der Waals surface area contributed by atoms with Gasteiger partial charge in [-0.05, 0) is 30.0 Å². The molecule has 4 aromatic rings. The lowest BCUT2D eigenvalue weighted by Crippen LogP contribution is -2.41. The van der Waals surface area contributed by atoms with Crippen molar-refractivity contribution in [3.63, 3.8) is 0 Å². The van der Waals surface area contributed by atoms with E-state index in [1.54, 1.807) is 37.3 Å². The van der Waals surface area contributed by atoms with E-state index >= 15 is 0 Å². The van der Waals surface area contributed by atoms with Crippen molar-refractivity contribution in [2.24, 2.45) is 11.8 Å². The lowest BCUT2D eigenvalue weighted by Gasteiger charge is -2.23. The smallest absolute Gasteiger partial charge is 0.415 e. The standard InChI is InChI=1S/C32H35N5O7S/c1-3-25-18-35(31(39)44-21-23-11-7-5-8-12-23)19-26(25)28(38)20-36(32(40)43-4-2)29-17-33-30-27(34-29)15-16-37(30)45(41,42)22-24-13-9-6-10-14-24/h5-17,25-26H,3-4,18-22H2,1-2H3/t25-,26+/m1/s1. The fourth-order valence-electron chi connectivity index (χ4n) is 5.41. The van der Waals surface area contributed by atoms with E-state index in [2.05, 4.69) is 9.97 Å². The van der Waals surface area contributed by atoms with E-state index in [0.29, 0.717) is 18.5 Å². The largest absolute Gasteiger partial charge is 0.449 e. The van der Waals surface area contributed by atoms with Crippen molar-refractivity contribution in [2.45, 2.75) is 32.6 Å². The molecule has 1 fully saturated rings. The minimum atomic E-state index is -3.81. The van der Waals surface area contributed by atoms with E-state index < -0.39 is 28.1 Å². The maximum Gasteiger partial charge on any atom is 0.415 e. The van der Waals surface area contributed by atoms with Gasteiger partial charge in [-0.2, -0.15) is 0 Å². The van der Waals surface area contributed by atoms with Gasteiger partial charge in [0.05, 0.1) is 25.1 Å². The molecule has 1 aliphatic rings. The Morgan fingerprint density at radius 1 is 0.933 bits per heavy atom. The van der Waals surface area contributed by atoms with Crippen molar-refractivity contribution in [3.05, 3.63) is 90.3 Å². The highest BCUT2D eigenvalue weighted by molar-refractivity contribution is 7.89. The van der Waals surface area contributed by atoms with Crippen LogP contribution in [0.3, 0.4) is 0 Å². The zero-order valence-corrected chi connectivity index (χ0v) is 25.9. The molecule has 12 nitrogen and oxygen atoms in total. The molecule has 1 aliphatic heterocycles. The van der Waals surface area contributed by atoms with Gasteiger partial charge in [0.25, 0.3) is 0 Å². The summed E-state index contributed by atoms with van der Waals surface area (Å²) in [4.78, 5) is 51.0. The molecule has 0 N–H and O–H groups in total. The molecule has 0 unspecified atom stereocenters. The molecule has 0 saturated carbocycles. The van der Waals surface area contributed by atoms with E-state index in [-0.39, 0.29) is 60.7 Å². The number of aromatic nitrogens is 3. The molecule has 0 spiro atoms. The predicted octanol–water partition coefficient (Wildman–Crippen LogP) is 4.64. The molecular weight excluding hydrogens is 598 g/mol. The topological polar surface area (TPSA) is 141 Å². The Hall–Kier alpha value is -4.78. The van der Waals surface area contributed by atoms with Gasteiger partial charge in [-0.3, -0.25) is 9.69 Å². The second-order valence-corrected chi connectivity index (χ2v) is 12.6. The molecule has 13 heteroatoms. The van der Waals surface area contributed by atoms with Crippen LogP contribution in [0.4, 0.5) is 15.4 Å². The van der Waals surface area contributed by atoms with Gasteiger partial charge in [-0.15, -0.1) is 0 Å². The number of anilines is 1. The minimum absolute atomic E-state index is 0.0395. The van der Waals surface area contributed by atoms with Crippen molar-refractivity contribution >= 4 is 45.0 Å². The molecule has 2 amide bonds. The van der Waals surface area contributed by atoms with Crippen LogP contribution < -0.4 is 4.90 Å². The van der Waals surface area contributed by atoms with Crippen molar-refractivity contribution in [1.82, 2.24) is 18.8 Å². The van der Waals surface area contributed by atoms with Crippen molar-refractivity contribution in [1.29, 1.82) is 0 Å². The molecule has 3 heterocycles. The number of likely N-dealkylation sites (tertiary alicyclic amines) is 1. The first-order valence-corrected chi connectivity index (χ1v) is 16.3. The molecule has 2 atom stereocenters. The molecule has 45 heavy (non-hydrogen) atoms. The molecule has 2 aromatic carbocycles. The second kappa shape index (κ2) is 13.9. The zero-order valence-electron chi connectivity index (χ0n) is 25.1. The summed E-state index contributed by atoms with van der Waals surface area (Å²) in [5.41, 5.74) is 1.80. The summed E-state index contributed by atoms with van der Waals surface area (Å²) < 4.78 is 38.1. The Morgan fingerprint density at radius 3 is 2.29 bits per heavy atom. The van der Waals surface area contributed by atoms with Crippen molar-refractivity contribution in [3.8, 4) is 0 Å². The Morgan fingerprint density at radius 2 is 1.62 bits per heavy atom. The summed E-state index contributed by atoms with van der Waals surface area (Å²) in [7, 11) is -3.81. The fraction of sp³-hybridized carbons (Fsp3) is 0.344. The van der Waals surface area contributed by atoms with Gasteiger partial charge in [0, 0.05) is 25.2 Å². The van der Waals surface area contributed by atoms with Crippen LogP contribution in [0.1, 0.15) is 31.4 Å². The van der Waals surface area contributed by atoms with Crippen LogP contribution in [-0.2, 0) is 36.7 Å². The van der Waals surface area contributed by atoms with Gasteiger partial charge in [-0.25, -0.2) is 31.9 Å². The van der Waals surface area contributed by atoms with Crippen molar-refractivity contribution < 1.29 is 32.3 Å². The van der Waals surface area contributed by atoms with E-state index in [4.69, 9.17) is 9.47 Å². The van der Waals surface area contributed by atoms with Crippen LogP contribution in [0, 0.1) is 11.8 Å². The first-order valence-electron chi connectivity index (χ1n) is 14.7. The normalized spacial score (nSPS) is 16.4. The highest BCUT2D eigenvalue weighted by atomic mass is 32.2. The molecule has 0 radical (unpaired) electrons. The van der Waals surface area contributed by atoms with E-state index in [0.717, 1.165) is 14.4 Å². The Labute approximate surface area is 261 Å². The average molecular weight is 634 g/mol. The first kappa shape index (κ1) is 31.6. The van der Waals surface area contributed by atoms with Crippen LogP contribution in [0.15, 0.2) is 79.1 Å². The molecule has 2 aromatic heterocycles. The third-order valence-electron chi connectivity index (χ3n) is 7.76. The number of nitrogens with zero attached hydrogens (tertiary/aromatic N) is 5. The Balaban J connectivity index is 1.32. The summed E-state index contributed by atoms with van der Waals surface area (Å²) in [6.07, 6.45) is 1.97. The summed E-state index contributed by atoms with van der Waals surface area (Å²) >= 11 is 0. The van der Waals surface area contributed by atoms with Crippen LogP contribution in [-0.4, -0.2) is 71.5 Å². The third kappa shape index (κ3) is 7.31. The summed E-state index contributed by atoms with van der Waals surface area (Å²) in [6, 6.07) is 19.6. The zero-order chi connectivity index (χ0) is 32.0. The van der Waals surface area contributed by atoms with Crippen LogP contribution in [0.5, 0.6) is 0 Å². The predicted molar refractivity (Wildman–Crippen MR) is 167 cm³/mol. The lowest BCUT2D eigenvalue weighted by atomic mass is 9.90. The number of fused-ring (bicyclic) bond motifs is 1. The molecule has 1 saturated heterocycles. The number of amides is 2. The summed E-state index contributed by atoms with van der Waals surface area (Å²) in [5, 5.41) is 0. The number of ether oxygens (including phenoxy) is 2. The van der Waals surface area contributed by atoms with E-state index in [1.807, 2.05) is 37.3 Å². The number of rotatable bonds is 11. The number of carbonyl (C=O) groups is 3. The lowest BCUT2D eigenvalue weighted by molar-refractivity contribution is -0.122. The van der Waals surface area contributed by atoms with Crippen LogP contribution in [0.25, 0.3) is 11.2 Å². The number of hydrogen-bond donors (Lipinski definition) is 0. The van der Waals surface area contributed by atoms with Gasteiger partial charge < -0.3 is 14.4 Å². The Bertz CT molecular complexity index is 1760. The van der Waals surface area contributed by atoms with Gasteiger partial charge in [0.15, 0.2) is 17.2 Å². The van der Waals surface area contributed by atoms with Crippen LogP contribution >= 0.6 is 0 Å². The minimum Gasteiger partial charge on any atom is -0.449 e. The highest BCUT2D eigenvalue weighted by Crippen LogP contribution is 2.29. The average Bonchev–Trinajstić information content (AvgIpc) is 3.68. The first-order chi connectivity index (χ1) is 21.7. The van der Waals surface area contributed by atoms with Crippen molar-refractivity contribution in [2.75, 3.05) is 31.1 Å². The number of carbonyl (C=O) groups excluding carboxylic acids is 3. The van der Waals surface area contributed by atoms with Gasteiger partial charge in [0.2, 0.25) is 10.0 Å². The number of hydrogen-bond acceptors (Lipinski definition) is 9. The number of ketones is 1. The maximum atomic E-state index is 13.7. The Kier molecular flexibility index (Phi) is 9.77. The molecule has 0 aliphatic carbocycles. The summed E-state index contributed by atoms with van der Waals surface area (Å²) in [5.74, 6) is -1.11. The van der Waals surface area contributed by atoms with Gasteiger partial charge >= 0.3 is 12.2 Å². The van der Waals surface area contributed by atoms with E-state index in [1.165, 1.54) is 23.4 Å². The SMILES string of the molecule is CCOC(=O)N(CC(=O)[C@H]1CN(C(=O)OCc2ccccc2)C[C@H]1CC)c1cnc2c(ccn2S(=O)(=O)Cc2ccccc2)n1. The quantitative estimate of drug-likeness (QED) is 0.231. The van der Waals surface area contributed by atoms with E-state index in [9.17, 15) is 22.8 Å². The number of benzene rings is 2. The van der Waals surface area contributed by atoms with Crippen LogP contribution in [0.2, 0.25) is 0 Å². The van der Waals surface area contributed by atoms with Gasteiger partial charge in [-0.1, -0.05) is 74.0 Å². The number of Topliss-reactive ketones (excluding diaryl/α,β-unsaturated/α-hetero) is 1. The molecule has 236 valence electrons. The molecule has 5 rings (SSSR count). The molecular formula is C32H35N5O7S. The molecule has 0 bridgehead atoms. The monoisotopic (exact) mass is 633 g/mol. The second-order valence-electron chi connectivity index (χ2n) is 10.8. The fourth-order valence-corrected chi connectivity index (χ4v) is 6.81. The third-order valence-corrected chi connectivity index (χ3v) is 9.35. The van der Waals surface area contributed by atoms with Gasteiger partial charge in [0.1, 0.15) is 12.1 Å².